The van der Waals surface area contributed by atoms with Crippen molar-refractivity contribution in [3.63, 3.8) is 0 Å². The van der Waals surface area contributed by atoms with E-state index in [0.717, 1.165) is 35.4 Å². The summed E-state index contributed by atoms with van der Waals surface area (Å²) >= 11 is 0. The first-order valence-corrected chi connectivity index (χ1v) is 10.6. The van der Waals surface area contributed by atoms with Crippen LogP contribution in [0.4, 0.5) is 0 Å². The topological polar surface area (TPSA) is 93.5 Å². The van der Waals surface area contributed by atoms with Crippen molar-refractivity contribution in [3.05, 3.63) is 95.6 Å². The fourth-order valence-electron chi connectivity index (χ4n) is 4.05. The normalized spacial score (nSPS) is 15.9. The van der Waals surface area contributed by atoms with Gasteiger partial charge in [-0.25, -0.2) is 0 Å². The second-order valence-corrected chi connectivity index (χ2v) is 7.84. The van der Waals surface area contributed by atoms with E-state index in [1.165, 1.54) is 5.56 Å². The molecule has 2 aliphatic heterocycles. The molecule has 1 amide bonds. The zero-order chi connectivity index (χ0) is 21.9. The quantitative estimate of drug-likeness (QED) is 0.626. The lowest BCUT2D eigenvalue weighted by atomic mass is 10.0. The minimum Gasteiger partial charge on any atom is -0.486 e. The van der Waals surface area contributed by atoms with Gasteiger partial charge in [-0.2, -0.15) is 5.10 Å². The number of nitrogens with two attached hydrogens (primary N) is 1. The first kappa shape index (κ1) is 19.9. The molecule has 3 N–H and O–H groups in total. The lowest BCUT2D eigenvalue weighted by Gasteiger charge is -2.29. The number of nitrogens with zero attached hydrogens (tertiary/aromatic N) is 2. The lowest BCUT2D eigenvalue weighted by Crippen LogP contribution is -2.32. The maximum atomic E-state index is 12.4. The monoisotopic (exact) mass is 428 g/mol. The number of carbonyl (C=O) groups is 1. The fraction of sp³-hybridized carbons (Fsp3) is 0.200. The summed E-state index contributed by atoms with van der Waals surface area (Å²) in [4.78, 5) is 14.3. The number of primary amides is 1. The van der Waals surface area contributed by atoms with Gasteiger partial charge in [-0.15, -0.1) is 0 Å². The van der Waals surface area contributed by atoms with Gasteiger partial charge in [0.15, 0.2) is 11.5 Å². The first-order valence-electron chi connectivity index (χ1n) is 10.6. The Labute approximate surface area is 186 Å². The molecule has 7 heteroatoms. The Bertz CT molecular complexity index is 1180. The van der Waals surface area contributed by atoms with Crippen molar-refractivity contribution in [1.29, 1.82) is 0 Å². The van der Waals surface area contributed by atoms with Gasteiger partial charge in [0.2, 0.25) is 5.91 Å². The van der Waals surface area contributed by atoms with Crippen LogP contribution in [0.1, 0.15) is 35.0 Å². The Hall–Kier alpha value is -4.00. The Morgan fingerprint density at radius 3 is 2.72 bits per heavy atom. The largest absolute Gasteiger partial charge is 0.486 e. The zero-order valence-electron chi connectivity index (χ0n) is 17.5. The van der Waals surface area contributed by atoms with Crippen LogP contribution in [-0.2, 0) is 11.2 Å². The van der Waals surface area contributed by atoms with Gasteiger partial charge in [-0.05, 0) is 41.3 Å². The van der Waals surface area contributed by atoms with Crippen LogP contribution in [0.25, 0.3) is 5.57 Å². The van der Waals surface area contributed by atoms with Crippen molar-refractivity contribution in [2.75, 3.05) is 13.2 Å². The van der Waals surface area contributed by atoms with E-state index in [-0.39, 0.29) is 0 Å². The van der Waals surface area contributed by atoms with E-state index in [1.54, 1.807) is 0 Å². The van der Waals surface area contributed by atoms with E-state index < -0.39 is 11.9 Å². The molecule has 0 saturated heterocycles. The molecule has 3 aromatic rings. The van der Waals surface area contributed by atoms with E-state index >= 15 is 0 Å². The number of rotatable bonds is 6. The van der Waals surface area contributed by atoms with Gasteiger partial charge in [0, 0.05) is 24.5 Å². The van der Waals surface area contributed by atoms with Crippen LogP contribution in [0.5, 0.6) is 11.5 Å². The maximum Gasteiger partial charge on any atom is 0.245 e. The number of aromatic nitrogens is 2. The molecule has 1 aromatic heterocycles. The molecule has 0 bridgehead atoms. The van der Waals surface area contributed by atoms with Gasteiger partial charge in [-0.3, -0.25) is 9.89 Å². The van der Waals surface area contributed by atoms with Crippen LogP contribution in [0.2, 0.25) is 0 Å². The minimum absolute atomic E-state index is 0.448. The van der Waals surface area contributed by atoms with Crippen molar-refractivity contribution in [2.45, 2.75) is 18.9 Å². The number of nitrogens with one attached hydrogen (secondary N) is 1. The van der Waals surface area contributed by atoms with Crippen molar-refractivity contribution in [3.8, 4) is 11.5 Å². The van der Waals surface area contributed by atoms with Gasteiger partial charge >= 0.3 is 0 Å². The fourth-order valence-corrected chi connectivity index (χ4v) is 4.05. The molecule has 5 rings (SSSR count). The number of carbonyl (C=O) groups excluding carboxylic acids is 1. The SMILES string of the molecule is NC(=O)C(c1ccc2c(c1)OCCO2)N1C=CCC(c2cc(Cc3ccccc3)[nH]n2)=C1. The number of hydrogen-bond donors (Lipinski definition) is 2. The highest BCUT2D eigenvalue weighted by atomic mass is 16.6. The second-order valence-electron chi connectivity index (χ2n) is 7.84. The van der Waals surface area contributed by atoms with E-state index in [4.69, 9.17) is 15.2 Å². The summed E-state index contributed by atoms with van der Waals surface area (Å²) in [6.45, 7) is 0.998. The van der Waals surface area contributed by atoms with Crippen LogP contribution in [0, 0.1) is 0 Å². The van der Waals surface area contributed by atoms with Crippen molar-refractivity contribution in [2.24, 2.45) is 5.73 Å². The summed E-state index contributed by atoms with van der Waals surface area (Å²) in [5.74, 6) is 0.856. The number of ether oxygens (including phenoxy) is 2. The number of benzene rings is 2. The molecule has 0 fully saturated rings. The average Bonchev–Trinajstić information content (AvgIpc) is 3.28. The third-order valence-electron chi connectivity index (χ3n) is 5.57. The molecule has 0 spiro atoms. The molecule has 3 heterocycles. The number of H-pyrrole nitrogens is 1. The van der Waals surface area contributed by atoms with Gasteiger partial charge in [0.05, 0.1) is 5.69 Å². The van der Waals surface area contributed by atoms with Crippen LogP contribution in [0.15, 0.2) is 73.1 Å². The molecule has 2 aromatic carbocycles. The maximum absolute atomic E-state index is 12.4. The minimum atomic E-state index is -0.667. The first-order chi connectivity index (χ1) is 15.7. The van der Waals surface area contributed by atoms with Crippen molar-refractivity contribution < 1.29 is 14.3 Å². The molecule has 1 unspecified atom stereocenters. The van der Waals surface area contributed by atoms with Crippen LogP contribution < -0.4 is 15.2 Å². The van der Waals surface area contributed by atoms with Crippen molar-refractivity contribution >= 4 is 11.5 Å². The summed E-state index contributed by atoms with van der Waals surface area (Å²) in [6, 6.07) is 17.1. The molecule has 1 atom stereocenters. The molecule has 2 aliphatic rings. The lowest BCUT2D eigenvalue weighted by molar-refractivity contribution is -0.121. The highest BCUT2D eigenvalue weighted by molar-refractivity contribution is 5.82. The summed E-state index contributed by atoms with van der Waals surface area (Å²) in [7, 11) is 0. The molecular formula is C25H24N4O3. The molecular weight excluding hydrogens is 404 g/mol. The molecule has 0 radical (unpaired) electrons. The number of hydrogen-bond acceptors (Lipinski definition) is 5. The van der Waals surface area contributed by atoms with Crippen LogP contribution >= 0.6 is 0 Å². The van der Waals surface area contributed by atoms with Gasteiger partial charge in [0.1, 0.15) is 19.3 Å². The summed E-state index contributed by atoms with van der Waals surface area (Å²) < 4.78 is 11.3. The average molecular weight is 428 g/mol. The molecule has 7 nitrogen and oxygen atoms in total. The van der Waals surface area contributed by atoms with Crippen molar-refractivity contribution in [1.82, 2.24) is 15.1 Å². The predicted molar refractivity (Wildman–Crippen MR) is 121 cm³/mol. The van der Waals surface area contributed by atoms with Gasteiger partial charge < -0.3 is 20.1 Å². The highest BCUT2D eigenvalue weighted by Crippen LogP contribution is 2.36. The number of aromatic amines is 1. The van der Waals surface area contributed by atoms with E-state index in [0.29, 0.717) is 24.7 Å². The number of fused-ring (bicyclic) bond motifs is 1. The Balaban J connectivity index is 1.40. The van der Waals surface area contributed by atoms with E-state index in [2.05, 4.69) is 28.4 Å². The third-order valence-corrected chi connectivity index (χ3v) is 5.57. The standard InChI is InChI=1S/C25H24N4O3/c26-25(30)24(18-8-9-22-23(14-18)32-12-11-31-22)29-10-4-7-19(16-29)21-15-20(27-28-21)13-17-5-2-1-3-6-17/h1-6,8-10,14-16,24H,7,11-13H2,(H2,26,30)(H,27,28). The third kappa shape index (κ3) is 4.09. The number of amides is 1. The van der Waals surface area contributed by atoms with Crippen LogP contribution in [-0.4, -0.2) is 34.2 Å². The predicted octanol–water partition coefficient (Wildman–Crippen LogP) is 3.56. The smallest absolute Gasteiger partial charge is 0.245 e. The Morgan fingerprint density at radius 2 is 1.91 bits per heavy atom. The summed E-state index contributed by atoms with van der Waals surface area (Å²) in [5.41, 5.74) is 10.7. The van der Waals surface area contributed by atoms with Gasteiger partial charge in [-0.1, -0.05) is 42.5 Å². The molecule has 0 aliphatic carbocycles. The van der Waals surface area contributed by atoms with E-state index in [9.17, 15) is 4.79 Å². The number of allylic oxidation sites excluding steroid dienone is 2. The molecule has 32 heavy (non-hydrogen) atoms. The zero-order valence-corrected chi connectivity index (χ0v) is 17.5. The molecule has 162 valence electrons. The summed E-state index contributed by atoms with van der Waals surface area (Å²) in [5, 5.41) is 7.63. The van der Waals surface area contributed by atoms with Crippen LogP contribution in [0.3, 0.4) is 0 Å². The Kier molecular flexibility index (Phi) is 5.37. The Morgan fingerprint density at radius 1 is 1.09 bits per heavy atom. The molecule has 0 saturated carbocycles. The highest BCUT2D eigenvalue weighted by Gasteiger charge is 2.26. The second kappa shape index (κ2) is 8.63. The summed E-state index contributed by atoms with van der Waals surface area (Å²) in [6.07, 6.45) is 7.33. The van der Waals surface area contributed by atoms with E-state index in [1.807, 2.05) is 59.8 Å². The van der Waals surface area contributed by atoms with Gasteiger partial charge in [0.25, 0.3) is 0 Å².